The summed E-state index contributed by atoms with van der Waals surface area (Å²) >= 11 is 1.70. The molecule has 0 aromatic heterocycles. The van der Waals surface area contributed by atoms with E-state index in [4.69, 9.17) is 5.11 Å². The van der Waals surface area contributed by atoms with Crippen LogP contribution >= 0.6 is 11.8 Å². The predicted octanol–water partition coefficient (Wildman–Crippen LogP) is 4.14. The van der Waals surface area contributed by atoms with Crippen molar-refractivity contribution in [1.82, 2.24) is 5.32 Å². The van der Waals surface area contributed by atoms with Crippen LogP contribution in [-0.4, -0.2) is 17.5 Å². The molecule has 0 saturated heterocycles. The lowest BCUT2D eigenvalue weighted by Crippen LogP contribution is -2.24. The van der Waals surface area contributed by atoms with Crippen molar-refractivity contribution in [1.29, 1.82) is 0 Å². The minimum Gasteiger partial charge on any atom is -0.465 e. The summed E-state index contributed by atoms with van der Waals surface area (Å²) in [4.78, 5) is 11.8. The molecule has 0 bridgehead atoms. The number of thioether (sulfide) groups is 1. The average Bonchev–Trinajstić information content (AvgIpc) is 2.53. The molecule has 1 atom stereocenters. The fraction of sp³-hybridized carbons (Fsp3) is 0.167. The molecule has 0 heterocycles. The van der Waals surface area contributed by atoms with Crippen molar-refractivity contribution in [2.24, 2.45) is 0 Å². The van der Waals surface area contributed by atoms with Crippen molar-refractivity contribution < 1.29 is 9.90 Å². The van der Waals surface area contributed by atoms with Crippen LogP contribution in [-0.2, 0) is 0 Å². The zero-order valence-electron chi connectivity index (χ0n) is 12.5. The van der Waals surface area contributed by atoms with Crippen LogP contribution in [0.2, 0.25) is 0 Å². The van der Waals surface area contributed by atoms with Crippen LogP contribution in [0.15, 0.2) is 53.4 Å². The third-order valence-corrected chi connectivity index (χ3v) is 3.94. The molecule has 0 spiro atoms. The monoisotopic (exact) mass is 311 g/mol. The van der Waals surface area contributed by atoms with Gasteiger partial charge in [0.25, 0.3) is 0 Å². The maximum atomic E-state index is 10.6. The summed E-state index contributed by atoms with van der Waals surface area (Å²) in [5, 5.41) is 11.1. The van der Waals surface area contributed by atoms with Gasteiger partial charge in [0, 0.05) is 16.0 Å². The molecule has 2 N–H and O–H groups in total. The van der Waals surface area contributed by atoms with Gasteiger partial charge in [0.1, 0.15) is 0 Å². The number of hydrogen-bond donors (Lipinski definition) is 2. The highest BCUT2D eigenvalue weighted by atomic mass is 32.2. The lowest BCUT2D eigenvalue weighted by Gasteiger charge is -2.11. The molecule has 2 rings (SSSR count). The molecule has 0 saturated carbocycles. The molecule has 2 aromatic rings. The zero-order chi connectivity index (χ0) is 15.9. The number of nitrogens with one attached hydrogen (secondary N) is 1. The van der Waals surface area contributed by atoms with E-state index in [0.29, 0.717) is 0 Å². The maximum absolute atomic E-state index is 10.6. The quantitative estimate of drug-likeness (QED) is 0.661. The Morgan fingerprint density at radius 1 is 1.05 bits per heavy atom. The van der Waals surface area contributed by atoms with Gasteiger partial charge in [0.2, 0.25) is 0 Å². The maximum Gasteiger partial charge on any atom is 0.405 e. The highest BCUT2D eigenvalue weighted by Gasteiger charge is 2.07. The Morgan fingerprint density at radius 3 is 2.00 bits per heavy atom. The molecule has 0 aliphatic heterocycles. The van der Waals surface area contributed by atoms with Gasteiger partial charge >= 0.3 is 6.09 Å². The van der Waals surface area contributed by atoms with Crippen LogP contribution in [0.3, 0.4) is 0 Å². The summed E-state index contributed by atoms with van der Waals surface area (Å²) in [7, 11) is 0. The highest BCUT2D eigenvalue weighted by molar-refractivity contribution is 7.98. The lowest BCUT2D eigenvalue weighted by molar-refractivity contribution is 0.191. The summed E-state index contributed by atoms with van der Waals surface area (Å²) in [6, 6.07) is 15.5. The van der Waals surface area contributed by atoms with Crippen LogP contribution in [0.5, 0.6) is 0 Å². The van der Waals surface area contributed by atoms with Gasteiger partial charge in [-0.2, -0.15) is 0 Å². The van der Waals surface area contributed by atoms with Crippen LogP contribution in [0.4, 0.5) is 4.79 Å². The van der Waals surface area contributed by atoms with Gasteiger partial charge in [-0.15, -0.1) is 11.8 Å². The van der Waals surface area contributed by atoms with E-state index < -0.39 is 6.09 Å². The van der Waals surface area contributed by atoms with Crippen molar-refractivity contribution in [2.45, 2.75) is 17.9 Å². The Morgan fingerprint density at radius 2 is 1.55 bits per heavy atom. The van der Waals surface area contributed by atoms with E-state index in [1.807, 2.05) is 49.6 Å². The summed E-state index contributed by atoms with van der Waals surface area (Å²) < 4.78 is 0. The van der Waals surface area contributed by atoms with Gasteiger partial charge in [-0.05, 0) is 55.1 Å². The normalized spacial score (nSPS) is 11.2. The van der Waals surface area contributed by atoms with E-state index in [0.717, 1.165) is 16.7 Å². The second-order valence-corrected chi connectivity index (χ2v) is 5.65. The first kappa shape index (κ1) is 16.0. The second-order valence-electron chi connectivity index (χ2n) is 4.77. The Labute approximate surface area is 134 Å². The Balaban J connectivity index is 2.08. The van der Waals surface area contributed by atoms with Gasteiger partial charge in [-0.25, -0.2) is 4.79 Å². The van der Waals surface area contributed by atoms with E-state index in [9.17, 15) is 4.79 Å². The van der Waals surface area contributed by atoms with Crippen LogP contribution in [0.1, 0.15) is 29.7 Å². The molecule has 0 unspecified atom stereocenters. The Kier molecular flexibility index (Phi) is 5.51. The predicted molar refractivity (Wildman–Crippen MR) is 90.2 cm³/mol. The van der Waals surface area contributed by atoms with Crippen molar-refractivity contribution in [3.63, 3.8) is 0 Å². The molecule has 4 heteroatoms. The number of rotatable bonds is 3. The van der Waals surface area contributed by atoms with Gasteiger partial charge < -0.3 is 10.4 Å². The number of carboxylic acid groups (broad SMARTS) is 1. The van der Waals surface area contributed by atoms with Gasteiger partial charge in [-0.1, -0.05) is 24.0 Å². The number of amides is 1. The largest absolute Gasteiger partial charge is 0.465 e. The van der Waals surface area contributed by atoms with Crippen LogP contribution < -0.4 is 5.32 Å². The van der Waals surface area contributed by atoms with E-state index in [1.54, 1.807) is 11.8 Å². The summed E-state index contributed by atoms with van der Waals surface area (Å²) in [6.07, 6.45) is 1.02. The molecule has 22 heavy (non-hydrogen) atoms. The van der Waals surface area contributed by atoms with Gasteiger partial charge in [0.05, 0.1) is 6.04 Å². The van der Waals surface area contributed by atoms with Crippen molar-refractivity contribution >= 4 is 17.9 Å². The van der Waals surface area contributed by atoms with E-state index in [1.165, 1.54) is 4.90 Å². The number of hydrogen-bond acceptors (Lipinski definition) is 2. The van der Waals surface area contributed by atoms with E-state index in [-0.39, 0.29) is 6.04 Å². The summed E-state index contributed by atoms with van der Waals surface area (Å²) in [5.41, 5.74) is 2.79. The average molecular weight is 311 g/mol. The third-order valence-electron chi connectivity index (χ3n) is 3.19. The summed E-state index contributed by atoms with van der Waals surface area (Å²) in [5.74, 6) is 6.24. The second kappa shape index (κ2) is 7.58. The molecule has 1 amide bonds. The van der Waals surface area contributed by atoms with Gasteiger partial charge in [-0.3, -0.25) is 0 Å². The van der Waals surface area contributed by atoms with Crippen molar-refractivity contribution in [3.8, 4) is 11.8 Å². The Hall–Kier alpha value is -2.38. The molecule has 3 nitrogen and oxygen atoms in total. The van der Waals surface area contributed by atoms with Gasteiger partial charge in [0.15, 0.2) is 0 Å². The van der Waals surface area contributed by atoms with E-state index in [2.05, 4.69) is 29.3 Å². The first-order valence-electron chi connectivity index (χ1n) is 6.84. The molecular formula is C18H17NO2S. The first-order valence-corrected chi connectivity index (χ1v) is 8.06. The minimum absolute atomic E-state index is 0.237. The molecule has 112 valence electrons. The standard InChI is InChI=1S/C18H17NO2S/c1-13(19-18(20)21)16-9-5-14(6-10-16)3-4-15-7-11-17(22-2)12-8-15/h5-13,19H,1-2H3,(H,20,21)/t13-/m0/s1. The SMILES string of the molecule is CSc1ccc(C#Cc2ccc([C@H](C)NC(=O)O)cc2)cc1. The summed E-state index contributed by atoms with van der Waals surface area (Å²) in [6.45, 7) is 1.81. The molecule has 0 aliphatic carbocycles. The molecular weight excluding hydrogens is 294 g/mol. The minimum atomic E-state index is -1.02. The van der Waals surface area contributed by atoms with Crippen LogP contribution in [0.25, 0.3) is 0 Å². The highest BCUT2D eigenvalue weighted by Crippen LogP contribution is 2.15. The zero-order valence-corrected chi connectivity index (χ0v) is 13.3. The lowest BCUT2D eigenvalue weighted by atomic mass is 10.1. The smallest absolute Gasteiger partial charge is 0.405 e. The number of carbonyl (C=O) groups is 1. The molecule has 0 radical (unpaired) electrons. The topological polar surface area (TPSA) is 49.3 Å². The molecule has 0 fully saturated rings. The third kappa shape index (κ3) is 4.57. The number of benzene rings is 2. The fourth-order valence-corrected chi connectivity index (χ4v) is 2.35. The van der Waals surface area contributed by atoms with E-state index >= 15 is 0 Å². The fourth-order valence-electron chi connectivity index (χ4n) is 1.94. The van der Waals surface area contributed by atoms with Crippen molar-refractivity contribution in [2.75, 3.05) is 6.26 Å². The van der Waals surface area contributed by atoms with Crippen molar-refractivity contribution in [3.05, 3.63) is 65.2 Å². The first-order chi connectivity index (χ1) is 10.6. The Bertz CT molecular complexity index is 697. The van der Waals surface area contributed by atoms with Crippen LogP contribution in [0, 0.1) is 11.8 Å². The molecule has 2 aromatic carbocycles. The molecule has 0 aliphatic rings.